The molecule has 0 aromatic heterocycles. The molecule has 5 heteroatoms. The zero-order chi connectivity index (χ0) is 15.1. The molecule has 2 rings (SSSR count). The molecule has 1 aromatic rings. The summed E-state index contributed by atoms with van der Waals surface area (Å²) in [5.41, 5.74) is 7.27. The van der Waals surface area contributed by atoms with E-state index in [2.05, 4.69) is 16.8 Å². The van der Waals surface area contributed by atoms with Gasteiger partial charge in [0.15, 0.2) is 5.96 Å². The van der Waals surface area contributed by atoms with E-state index in [1.165, 1.54) is 12.8 Å². The van der Waals surface area contributed by atoms with E-state index >= 15 is 0 Å². The Kier molecular flexibility index (Phi) is 5.60. The van der Waals surface area contributed by atoms with E-state index in [0.29, 0.717) is 18.1 Å². The van der Waals surface area contributed by atoms with Gasteiger partial charge in [-0.2, -0.15) is 0 Å². The van der Waals surface area contributed by atoms with Crippen molar-refractivity contribution in [1.82, 2.24) is 4.90 Å². The summed E-state index contributed by atoms with van der Waals surface area (Å²) in [6, 6.07) is 7.04. The molecule has 1 saturated heterocycles. The molecule has 1 fully saturated rings. The summed E-state index contributed by atoms with van der Waals surface area (Å²) in [6.07, 6.45) is 4.23. The lowest BCUT2D eigenvalue weighted by Crippen LogP contribution is -2.34. The highest BCUT2D eigenvalue weighted by molar-refractivity contribution is 5.90. The molecule has 21 heavy (non-hydrogen) atoms. The van der Waals surface area contributed by atoms with Crippen LogP contribution in [0.25, 0.3) is 0 Å². The zero-order valence-electron chi connectivity index (χ0n) is 12.5. The fourth-order valence-corrected chi connectivity index (χ4v) is 2.21. The maximum Gasteiger partial charge on any atom is 0.338 e. The number of carbonyl (C=O) groups is 1. The predicted molar refractivity (Wildman–Crippen MR) is 83.7 cm³/mol. The second kappa shape index (κ2) is 7.67. The second-order valence-corrected chi connectivity index (χ2v) is 5.20. The van der Waals surface area contributed by atoms with E-state index in [1.807, 2.05) is 0 Å². The summed E-state index contributed by atoms with van der Waals surface area (Å²) in [7, 11) is 0. The Morgan fingerprint density at radius 1 is 1.29 bits per heavy atom. The number of unbranched alkanes of at least 4 members (excludes halogenated alkanes) is 1. The number of carbonyl (C=O) groups excluding carboxylic acids is 1. The molecular weight excluding hydrogens is 266 g/mol. The van der Waals surface area contributed by atoms with Gasteiger partial charge < -0.3 is 15.4 Å². The number of aliphatic imine (C=N–C) groups is 1. The maximum absolute atomic E-state index is 11.8. The number of esters is 1. The van der Waals surface area contributed by atoms with Gasteiger partial charge in [-0.25, -0.2) is 9.79 Å². The van der Waals surface area contributed by atoms with E-state index in [-0.39, 0.29) is 5.97 Å². The van der Waals surface area contributed by atoms with E-state index in [4.69, 9.17) is 10.5 Å². The van der Waals surface area contributed by atoms with E-state index in [0.717, 1.165) is 31.6 Å². The first-order valence-corrected chi connectivity index (χ1v) is 7.57. The van der Waals surface area contributed by atoms with Crippen molar-refractivity contribution in [2.75, 3.05) is 19.7 Å². The third-order valence-electron chi connectivity index (χ3n) is 3.51. The third kappa shape index (κ3) is 4.48. The maximum atomic E-state index is 11.8. The molecule has 1 aromatic carbocycles. The Morgan fingerprint density at radius 3 is 2.57 bits per heavy atom. The van der Waals surface area contributed by atoms with Gasteiger partial charge in [-0.05, 0) is 43.5 Å². The summed E-state index contributed by atoms with van der Waals surface area (Å²) in [5, 5.41) is 0. The minimum atomic E-state index is -0.286. The van der Waals surface area contributed by atoms with E-state index < -0.39 is 0 Å². The molecule has 0 spiro atoms. The molecule has 1 aliphatic rings. The first kappa shape index (κ1) is 15.4. The van der Waals surface area contributed by atoms with Gasteiger partial charge in [0.1, 0.15) is 0 Å². The van der Waals surface area contributed by atoms with E-state index in [9.17, 15) is 4.79 Å². The molecule has 5 nitrogen and oxygen atoms in total. The quantitative estimate of drug-likeness (QED) is 0.391. The van der Waals surface area contributed by atoms with Crippen molar-refractivity contribution in [2.24, 2.45) is 10.7 Å². The number of nitrogens with two attached hydrogens (primary N) is 1. The van der Waals surface area contributed by atoms with Gasteiger partial charge in [0.2, 0.25) is 0 Å². The minimum Gasteiger partial charge on any atom is -0.462 e. The van der Waals surface area contributed by atoms with Crippen LogP contribution < -0.4 is 5.73 Å². The van der Waals surface area contributed by atoms with Crippen LogP contribution in [0.5, 0.6) is 0 Å². The Balaban J connectivity index is 1.95. The van der Waals surface area contributed by atoms with Crippen molar-refractivity contribution < 1.29 is 9.53 Å². The monoisotopic (exact) mass is 289 g/mol. The molecule has 1 aliphatic heterocycles. The van der Waals surface area contributed by atoms with Crippen LogP contribution in [-0.4, -0.2) is 36.5 Å². The summed E-state index contributed by atoms with van der Waals surface area (Å²) >= 11 is 0. The largest absolute Gasteiger partial charge is 0.462 e. The molecule has 0 unspecified atom stereocenters. The van der Waals surface area contributed by atoms with Crippen LogP contribution in [0.1, 0.15) is 43.0 Å². The highest BCUT2D eigenvalue weighted by Gasteiger charge is 2.13. The van der Waals surface area contributed by atoms with Crippen molar-refractivity contribution in [1.29, 1.82) is 0 Å². The van der Waals surface area contributed by atoms with Crippen molar-refractivity contribution >= 4 is 17.6 Å². The number of ether oxygens (including phenoxy) is 1. The fourth-order valence-electron chi connectivity index (χ4n) is 2.21. The van der Waals surface area contributed by atoms with Gasteiger partial charge >= 0.3 is 5.97 Å². The Morgan fingerprint density at radius 2 is 1.95 bits per heavy atom. The van der Waals surface area contributed by atoms with Gasteiger partial charge in [-0.1, -0.05) is 13.3 Å². The highest BCUT2D eigenvalue weighted by Crippen LogP contribution is 2.15. The van der Waals surface area contributed by atoms with Crippen LogP contribution in [0, 0.1) is 0 Å². The average Bonchev–Trinajstić information content (AvgIpc) is 3.02. The summed E-state index contributed by atoms with van der Waals surface area (Å²) in [4.78, 5) is 18.2. The van der Waals surface area contributed by atoms with Crippen molar-refractivity contribution in [3.8, 4) is 0 Å². The smallest absolute Gasteiger partial charge is 0.338 e. The second-order valence-electron chi connectivity index (χ2n) is 5.20. The van der Waals surface area contributed by atoms with Crippen LogP contribution in [-0.2, 0) is 4.74 Å². The van der Waals surface area contributed by atoms with Crippen LogP contribution >= 0.6 is 0 Å². The van der Waals surface area contributed by atoms with Gasteiger partial charge in [0.25, 0.3) is 0 Å². The standard InChI is InChI=1S/C16H23N3O2/c1-2-3-12-21-15(20)13-6-8-14(9-7-13)18-16(17)19-10-4-5-11-19/h6-9H,2-5,10-12H2,1H3,(H2,17,18). The number of nitrogens with zero attached hydrogens (tertiary/aromatic N) is 2. The van der Waals surface area contributed by atoms with Crippen LogP contribution in [0.15, 0.2) is 29.3 Å². The summed E-state index contributed by atoms with van der Waals surface area (Å²) in [5.74, 6) is 0.261. The average molecular weight is 289 g/mol. The number of likely N-dealkylation sites (tertiary alicyclic amines) is 1. The van der Waals surface area contributed by atoms with Gasteiger partial charge in [-0.15, -0.1) is 0 Å². The molecular formula is C16H23N3O2. The molecule has 0 aliphatic carbocycles. The lowest BCUT2D eigenvalue weighted by molar-refractivity contribution is 0.0500. The molecule has 0 bridgehead atoms. The fraction of sp³-hybridized carbons (Fsp3) is 0.500. The van der Waals surface area contributed by atoms with Crippen LogP contribution in [0.2, 0.25) is 0 Å². The molecule has 0 atom stereocenters. The first-order valence-electron chi connectivity index (χ1n) is 7.57. The number of benzene rings is 1. The topological polar surface area (TPSA) is 67.9 Å². The molecule has 2 N–H and O–H groups in total. The van der Waals surface area contributed by atoms with E-state index in [1.54, 1.807) is 24.3 Å². The highest BCUT2D eigenvalue weighted by atomic mass is 16.5. The van der Waals surface area contributed by atoms with Crippen LogP contribution in [0.4, 0.5) is 5.69 Å². The predicted octanol–water partition coefficient (Wildman–Crippen LogP) is 2.69. The lowest BCUT2D eigenvalue weighted by Gasteiger charge is -2.15. The van der Waals surface area contributed by atoms with Crippen molar-refractivity contribution in [3.63, 3.8) is 0 Å². The molecule has 114 valence electrons. The third-order valence-corrected chi connectivity index (χ3v) is 3.51. The number of hydrogen-bond acceptors (Lipinski definition) is 3. The zero-order valence-corrected chi connectivity index (χ0v) is 12.5. The van der Waals surface area contributed by atoms with Gasteiger partial charge in [0.05, 0.1) is 17.9 Å². The molecule has 0 saturated carbocycles. The van der Waals surface area contributed by atoms with Crippen molar-refractivity contribution in [3.05, 3.63) is 29.8 Å². The number of hydrogen-bond donors (Lipinski definition) is 1. The SMILES string of the molecule is CCCCOC(=O)c1ccc(N=C(N)N2CCCC2)cc1. The molecule has 0 amide bonds. The van der Waals surface area contributed by atoms with Gasteiger partial charge in [0, 0.05) is 13.1 Å². The number of guanidine groups is 1. The Bertz CT molecular complexity index is 491. The lowest BCUT2D eigenvalue weighted by atomic mass is 10.2. The normalized spacial score (nSPS) is 15.3. The minimum absolute atomic E-state index is 0.286. The summed E-state index contributed by atoms with van der Waals surface area (Å²) in [6.45, 7) is 4.47. The Hall–Kier alpha value is -2.04. The molecule has 0 radical (unpaired) electrons. The first-order chi connectivity index (χ1) is 10.2. The van der Waals surface area contributed by atoms with Crippen molar-refractivity contribution in [2.45, 2.75) is 32.6 Å². The van der Waals surface area contributed by atoms with Gasteiger partial charge in [-0.3, -0.25) is 0 Å². The number of rotatable bonds is 5. The Labute approximate surface area is 125 Å². The molecule has 1 heterocycles. The van der Waals surface area contributed by atoms with Crippen LogP contribution in [0.3, 0.4) is 0 Å². The summed E-state index contributed by atoms with van der Waals surface area (Å²) < 4.78 is 5.16.